The van der Waals surface area contributed by atoms with Gasteiger partial charge >= 0.3 is 0 Å². The van der Waals surface area contributed by atoms with Crippen molar-refractivity contribution >= 4 is 63.8 Å². The lowest BCUT2D eigenvalue weighted by atomic mass is 9.86. The van der Waals surface area contributed by atoms with Crippen LogP contribution in [-0.2, 0) is 0 Å². The summed E-state index contributed by atoms with van der Waals surface area (Å²) in [5.41, 5.74) is 9.87. The Bertz CT molecular complexity index is 3560. The molecule has 284 valence electrons. The Labute approximate surface area is 356 Å². The van der Waals surface area contributed by atoms with E-state index in [9.17, 15) is 0 Å². The predicted octanol–water partition coefficient (Wildman–Crippen LogP) is 15.7. The summed E-state index contributed by atoms with van der Waals surface area (Å²) in [6.45, 7) is 0. The second kappa shape index (κ2) is 14.5. The molecule has 10 aromatic carbocycles. The quantitative estimate of drug-likeness (QED) is 0.157. The van der Waals surface area contributed by atoms with Crippen molar-refractivity contribution in [3.05, 3.63) is 212 Å². The molecule has 0 saturated carbocycles. The molecule has 0 aliphatic rings. The lowest BCUT2D eigenvalue weighted by Gasteiger charge is -2.17. The van der Waals surface area contributed by atoms with Gasteiger partial charge in [-0.25, -0.2) is 15.0 Å². The fourth-order valence-electron chi connectivity index (χ4n) is 9.13. The standard InChI is InChI=1S/C57H35N3S/c1-3-17-36(18-4-1)55-58-56(37-19-5-2-6-20-37)60-57(59-55)39-34-51(54-49-29-15-16-30-52(49)61-53(54)35-39)47-28-14-12-23-42(47)41-22-8-7-21-40(41)38-31-32-48-45-26-10-9-24-43(45)44-25-11-13-27-46(44)50(48)33-38/h1-35H. The van der Waals surface area contributed by atoms with Gasteiger partial charge in [0.05, 0.1) is 0 Å². The van der Waals surface area contributed by atoms with Crippen LogP contribution in [0.3, 0.4) is 0 Å². The third kappa shape index (κ3) is 5.99. The van der Waals surface area contributed by atoms with Gasteiger partial charge in [-0.05, 0) is 90.0 Å². The molecule has 3 nitrogen and oxygen atoms in total. The average molecular weight is 794 g/mol. The first-order chi connectivity index (χ1) is 30.2. The molecular weight excluding hydrogens is 759 g/mol. The first-order valence-corrected chi connectivity index (χ1v) is 21.4. The minimum Gasteiger partial charge on any atom is -0.208 e. The Balaban J connectivity index is 1.09. The van der Waals surface area contributed by atoms with E-state index in [1.807, 2.05) is 47.7 Å². The molecule has 0 radical (unpaired) electrons. The average Bonchev–Trinajstić information content (AvgIpc) is 3.73. The van der Waals surface area contributed by atoms with E-state index < -0.39 is 0 Å². The number of fused-ring (bicyclic) bond motifs is 9. The molecule has 4 heteroatoms. The summed E-state index contributed by atoms with van der Waals surface area (Å²) < 4.78 is 2.43. The van der Waals surface area contributed by atoms with Crippen LogP contribution in [0.1, 0.15) is 0 Å². The topological polar surface area (TPSA) is 38.7 Å². The number of nitrogens with zero attached hydrogens (tertiary/aromatic N) is 3. The third-order valence-corrected chi connectivity index (χ3v) is 13.0. The maximum Gasteiger partial charge on any atom is 0.164 e. The third-order valence-electron chi connectivity index (χ3n) is 11.9. The van der Waals surface area contributed by atoms with E-state index in [2.05, 4.69) is 176 Å². The molecule has 61 heavy (non-hydrogen) atoms. The van der Waals surface area contributed by atoms with Gasteiger partial charge in [-0.15, -0.1) is 11.3 Å². The van der Waals surface area contributed by atoms with E-state index >= 15 is 0 Å². The summed E-state index contributed by atoms with van der Waals surface area (Å²) >= 11 is 1.81. The second-order valence-electron chi connectivity index (χ2n) is 15.5. The van der Waals surface area contributed by atoms with Crippen molar-refractivity contribution in [1.29, 1.82) is 0 Å². The van der Waals surface area contributed by atoms with E-state index in [1.54, 1.807) is 0 Å². The Morgan fingerprint density at radius 3 is 1.26 bits per heavy atom. The summed E-state index contributed by atoms with van der Waals surface area (Å²) in [7, 11) is 0. The van der Waals surface area contributed by atoms with E-state index in [1.165, 1.54) is 74.7 Å². The highest BCUT2D eigenvalue weighted by atomic mass is 32.1. The summed E-state index contributed by atoms with van der Waals surface area (Å²) in [6.07, 6.45) is 0. The number of aromatic nitrogens is 3. The number of hydrogen-bond acceptors (Lipinski definition) is 4. The van der Waals surface area contributed by atoms with Gasteiger partial charge in [-0.3, -0.25) is 0 Å². The van der Waals surface area contributed by atoms with Crippen LogP contribution in [0.25, 0.3) is 120 Å². The Hall–Kier alpha value is -7.79. The summed E-state index contributed by atoms with van der Waals surface area (Å²) in [6, 6.07) is 76.0. The lowest BCUT2D eigenvalue weighted by Crippen LogP contribution is -2.00. The molecule has 0 aliphatic carbocycles. The molecule has 0 amide bonds. The van der Waals surface area contributed by atoms with Gasteiger partial charge in [0.1, 0.15) is 0 Å². The Kier molecular flexibility index (Phi) is 8.36. The van der Waals surface area contributed by atoms with E-state index in [-0.39, 0.29) is 0 Å². The van der Waals surface area contributed by atoms with Crippen molar-refractivity contribution in [3.63, 3.8) is 0 Å². The first kappa shape index (κ1) is 35.2. The minimum absolute atomic E-state index is 0.641. The van der Waals surface area contributed by atoms with Gasteiger partial charge in [0.15, 0.2) is 17.5 Å². The molecule has 0 bridgehead atoms. The van der Waals surface area contributed by atoms with Crippen LogP contribution in [-0.4, -0.2) is 15.0 Å². The van der Waals surface area contributed by atoms with E-state index in [0.29, 0.717) is 17.5 Å². The fourth-order valence-corrected chi connectivity index (χ4v) is 10.3. The second-order valence-corrected chi connectivity index (χ2v) is 16.6. The van der Waals surface area contributed by atoms with Crippen LogP contribution < -0.4 is 0 Å². The van der Waals surface area contributed by atoms with Crippen LogP contribution in [0, 0.1) is 0 Å². The number of thiophene rings is 1. The predicted molar refractivity (Wildman–Crippen MR) is 258 cm³/mol. The molecule has 0 N–H and O–H groups in total. The van der Waals surface area contributed by atoms with Crippen molar-refractivity contribution in [2.75, 3.05) is 0 Å². The van der Waals surface area contributed by atoms with E-state index in [0.717, 1.165) is 27.8 Å². The summed E-state index contributed by atoms with van der Waals surface area (Å²) in [4.78, 5) is 15.4. The normalized spacial score (nSPS) is 11.6. The Morgan fingerprint density at radius 2 is 0.672 bits per heavy atom. The summed E-state index contributed by atoms with van der Waals surface area (Å²) in [5.74, 6) is 1.93. The van der Waals surface area contributed by atoms with Crippen LogP contribution in [0.2, 0.25) is 0 Å². The van der Waals surface area contributed by atoms with Crippen LogP contribution in [0.4, 0.5) is 0 Å². The zero-order chi connectivity index (χ0) is 40.3. The molecule has 12 rings (SSSR count). The number of hydrogen-bond donors (Lipinski definition) is 0. The first-order valence-electron chi connectivity index (χ1n) is 20.6. The zero-order valence-corrected chi connectivity index (χ0v) is 33.8. The molecule has 12 aromatic rings. The largest absolute Gasteiger partial charge is 0.208 e. The van der Waals surface area contributed by atoms with Gasteiger partial charge in [0, 0.05) is 36.9 Å². The maximum atomic E-state index is 5.18. The van der Waals surface area contributed by atoms with E-state index in [4.69, 9.17) is 15.0 Å². The number of rotatable bonds is 6. The molecule has 0 spiro atoms. The zero-order valence-electron chi connectivity index (χ0n) is 33.0. The monoisotopic (exact) mass is 793 g/mol. The molecule has 0 saturated heterocycles. The molecule has 2 heterocycles. The van der Waals surface area contributed by atoms with Crippen LogP contribution in [0.15, 0.2) is 212 Å². The van der Waals surface area contributed by atoms with Gasteiger partial charge in [-0.2, -0.15) is 0 Å². The highest BCUT2D eigenvalue weighted by Crippen LogP contribution is 2.47. The molecule has 0 atom stereocenters. The maximum absolute atomic E-state index is 5.18. The Morgan fingerprint density at radius 1 is 0.246 bits per heavy atom. The van der Waals surface area contributed by atoms with Gasteiger partial charge in [0.25, 0.3) is 0 Å². The number of benzene rings is 10. The van der Waals surface area contributed by atoms with Crippen molar-refractivity contribution in [2.45, 2.75) is 0 Å². The highest BCUT2D eigenvalue weighted by Gasteiger charge is 2.21. The van der Waals surface area contributed by atoms with Crippen LogP contribution >= 0.6 is 11.3 Å². The van der Waals surface area contributed by atoms with Gasteiger partial charge in [-0.1, -0.05) is 188 Å². The van der Waals surface area contributed by atoms with Crippen molar-refractivity contribution < 1.29 is 0 Å². The summed E-state index contributed by atoms with van der Waals surface area (Å²) in [5, 5.41) is 10.1. The SMILES string of the molecule is c1ccc(-c2nc(-c3ccccc3)nc(-c3cc(-c4ccccc4-c4ccccc4-c4ccc5c6ccccc6c6ccccc6c5c4)c4c(c3)sc3ccccc34)n2)cc1. The molecule has 0 aliphatic heterocycles. The van der Waals surface area contributed by atoms with Crippen molar-refractivity contribution in [2.24, 2.45) is 0 Å². The van der Waals surface area contributed by atoms with Gasteiger partial charge in [0.2, 0.25) is 0 Å². The molecular formula is C57H35N3S. The minimum atomic E-state index is 0.641. The van der Waals surface area contributed by atoms with Crippen molar-refractivity contribution in [3.8, 4) is 67.5 Å². The molecule has 0 unspecified atom stereocenters. The smallest absolute Gasteiger partial charge is 0.164 e. The van der Waals surface area contributed by atoms with Crippen molar-refractivity contribution in [1.82, 2.24) is 15.0 Å². The molecule has 0 fully saturated rings. The van der Waals surface area contributed by atoms with Gasteiger partial charge < -0.3 is 0 Å². The van der Waals surface area contributed by atoms with Crippen LogP contribution in [0.5, 0.6) is 0 Å². The highest BCUT2D eigenvalue weighted by molar-refractivity contribution is 7.26. The fraction of sp³-hybridized carbons (Fsp3) is 0. The molecule has 2 aromatic heterocycles. The lowest BCUT2D eigenvalue weighted by molar-refractivity contribution is 1.07.